The van der Waals surface area contributed by atoms with Crippen molar-refractivity contribution in [2.24, 2.45) is 0 Å². The molecule has 2 aromatic heterocycles. The van der Waals surface area contributed by atoms with Gasteiger partial charge < -0.3 is 4.90 Å². The highest BCUT2D eigenvalue weighted by Gasteiger charge is 2.29. The van der Waals surface area contributed by atoms with Gasteiger partial charge in [0.2, 0.25) is 10.0 Å². The lowest BCUT2D eigenvalue weighted by molar-refractivity contribution is 0.0759. The molecular formula is C19H18FN3O3S3. The molecule has 0 unspecified atom stereocenters. The Morgan fingerprint density at radius 1 is 1.03 bits per heavy atom. The topological polar surface area (TPSA) is 70.6 Å². The van der Waals surface area contributed by atoms with E-state index in [9.17, 15) is 17.6 Å². The highest BCUT2D eigenvalue weighted by molar-refractivity contribution is 7.89. The summed E-state index contributed by atoms with van der Waals surface area (Å²) in [5, 5.41) is 4.51. The van der Waals surface area contributed by atoms with Crippen molar-refractivity contribution in [3.63, 3.8) is 0 Å². The minimum absolute atomic E-state index is 0.0544. The Labute approximate surface area is 176 Å². The smallest absolute Gasteiger partial charge is 0.273 e. The van der Waals surface area contributed by atoms with Gasteiger partial charge in [0.1, 0.15) is 16.5 Å². The van der Waals surface area contributed by atoms with Crippen LogP contribution >= 0.6 is 22.7 Å². The predicted octanol–water partition coefficient (Wildman–Crippen LogP) is 3.55. The van der Waals surface area contributed by atoms with Crippen molar-refractivity contribution < 1.29 is 17.6 Å². The molecule has 0 radical (unpaired) electrons. The second-order valence-electron chi connectivity index (χ2n) is 6.52. The molecule has 3 heterocycles. The number of thiazole rings is 1. The van der Waals surface area contributed by atoms with Crippen LogP contribution in [0.1, 0.15) is 16.9 Å². The van der Waals surface area contributed by atoms with Gasteiger partial charge in [-0.15, -0.1) is 22.7 Å². The van der Waals surface area contributed by atoms with Gasteiger partial charge in [0.25, 0.3) is 5.91 Å². The molecular weight excluding hydrogens is 433 g/mol. The molecule has 1 saturated heterocycles. The average Bonchev–Trinajstić information content (AvgIpc) is 3.35. The summed E-state index contributed by atoms with van der Waals surface area (Å²) in [5.74, 6) is -0.674. The molecule has 1 fully saturated rings. The molecule has 1 aromatic carbocycles. The summed E-state index contributed by atoms with van der Waals surface area (Å²) in [6.07, 6.45) is 0.522. The first-order chi connectivity index (χ1) is 13.9. The quantitative estimate of drug-likeness (QED) is 0.608. The summed E-state index contributed by atoms with van der Waals surface area (Å²) in [6.45, 7) is 1.24. The van der Waals surface area contributed by atoms with Gasteiger partial charge in [-0.2, -0.15) is 4.31 Å². The van der Waals surface area contributed by atoms with Crippen molar-refractivity contribution in [3.05, 3.63) is 58.7 Å². The van der Waals surface area contributed by atoms with Crippen LogP contribution in [0.25, 0.3) is 9.88 Å². The number of hydrogen-bond acceptors (Lipinski definition) is 6. The summed E-state index contributed by atoms with van der Waals surface area (Å²) < 4.78 is 40.1. The molecule has 10 heteroatoms. The van der Waals surface area contributed by atoms with Gasteiger partial charge in [0.05, 0.1) is 9.77 Å². The molecule has 0 aliphatic carbocycles. The van der Waals surface area contributed by atoms with Crippen LogP contribution in [0.4, 0.5) is 4.39 Å². The number of carbonyl (C=O) groups excluding carboxylic acids is 1. The molecule has 0 N–H and O–H groups in total. The number of sulfonamides is 1. The Hall–Kier alpha value is -2.14. The maximum absolute atomic E-state index is 13.1. The monoisotopic (exact) mass is 451 g/mol. The van der Waals surface area contributed by atoms with Crippen LogP contribution in [0, 0.1) is 5.82 Å². The highest BCUT2D eigenvalue weighted by Crippen LogP contribution is 2.28. The number of benzene rings is 1. The van der Waals surface area contributed by atoms with Crippen molar-refractivity contribution in [1.29, 1.82) is 0 Å². The number of nitrogens with zero attached hydrogens (tertiary/aromatic N) is 3. The third kappa shape index (κ3) is 4.25. The molecule has 0 bridgehead atoms. The van der Waals surface area contributed by atoms with Gasteiger partial charge in [-0.25, -0.2) is 17.8 Å². The molecule has 1 aliphatic rings. The molecule has 4 rings (SSSR count). The third-order valence-corrected chi connectivity index (χ3v) is 8.44. The second kappa shape index (κ2) is 8.31. The van der Waals surface area contributed by atoms with Crippen molar-refractivity contribution in [1.82, 2.24) is 14.2 Å². The van der Waals surface area contributed by atoms with Crippen LogP contribution in [0.5, 0.6) is 0 Å². The Morgan fingerprint density at radius 3 is 2.55 bits per heavy atom. The fourth-order valence-electron chi connectivity index (χ4n) is 3.14. The fraction of sp³-hybridized carbons (Fsp3) is 0.263. The Morgan fingerprint density at radius 2 is 1.83 bits per heavy atom. The minimum atomic E-state index is -3.72. The van der Waals surface area contributed by atoms with Crippen LogP contribution in [0.2, 0.25) is 0 Å². The molecule has 1 aliphatic heterocycles. The van der Waals surface area contributed by atoms with Crippen LogP contribution in [-0.4, -0.2) is 54.7 Å². The van der Waals surface area contributed by atoms with E-state index in [0.29, 0.717) is 25.2 Å². The van der Waals surface area contributed by atoms with E-state index in [1.165, 1.54) is 27.8 Å². The molecule has 6 nitrogen and oxygen atoms in total. The number of halogens is 1. The highest BCUT2D eigenvalue weighted by atomic mass is 32.2. The lowest BCUT2D eigenvalue weighted by Gasteiger charge is -2.21. The largest absolute Gasteiger partial charge is 0.336 e. The molecule has 152 valence electrons. The maximum Gasteiger partial charge on any atom is 0.273 e. The SMILES string of the molecule is O=C(c1csc(-c2cccs2)n1)N1CCCN(S(=O)(=O)c2ccc(F)cc2)CC1. The van der Waals surface area contributed by atoms with Gasteiger partial charge in [-0.05, 0) is 42.1 Å². The number of thiophene rings is 1. The van der Waals surface area contributed by atoms with E-state index in [1.54, 1.807) is 21.6 Å². The van der Waals surface area contributed by atoms with Gasteiger partial charge in [0.15, 0.2) is 0 Å². The predicted molar refractivity (Wildman–Crippen MR) is 111 cm³/mol. The van der Waals surface area contributed by atoms with Gasteiger partial charge in [-0.1, -0.05) is 6.07 Å². The molecule has 0 spiro atoms. The van der Waals surface area contributed by atoms with Crippen LogP contribution in [-0.2, 0) is 10.0 Å². The summed E-state index contributed by atoms with van der Waals surface area (Å²) in [7, 11) is -3.72. The van der Waals surface area contributed by atoms with Crippen molar-refractivity contribution in [3.8, 4) is 9.88 Å². The van der Waals surface area contributed by atoms with Crippen molar-refractivity contribution in [2.75, 3.05) is 26.2 Å². The second-order valence-corrected chi connectivity index (χ2v) is 10.3. The van der Waals surface area contributed by atoms with Crippen molar-refractivity contribution in [2.45, 2.75) is 11.3 Å². The first kappa shape index (κ1) is 20.1. The molecule has 29 heavy (non-hydrogen) atoms. The van der Waals surface area contributed by atoms with E-state index in [4.69, 9.17) is 0 Å². The van der Waals surface area contributed by atoms with E-state index < -0.39 is 15.8 Å². The maximum atomic E-state index is 13.1. The van der Waals surface area contributed by atoms with E-state index in [-0.39, 0.29) is 23.9 Å². The summed E-state index contributed by atoms with van der Waals surface area (Å²) in [5.41, 5.74) is 0.383. The number of carbonyl (C=O) groups is 1. The zero-order chi connectivity index (χ0) is 20.4. The van der Waals surface area contributed by atoms with E-state index in [2.05, 4.69) is 4.98 Å². The van der Waals surface area contributed by atoms with E-state index in [1.807, 2.05) is 17.5 Å². The minimum Gasteiger partial charge on any atom is -0.336 e. The zero-order valence-electron chi connectivity index (χ0n) is 15.3. The summed E-state index contributed by atoms with van der Waals surface area (Å²) in [4.78, 5) is 20.0. The first-order valence-corrected chi connectivity index (χ1v) is 12.2. The fourth-order valence-corrected chi connectivity index (χ4v) is 6.22. The Bertz CT molecular complexity index is 1100. The lowest BCUT2D eigenvalue weighted by Crippen LogP contribution is -2.37. The van der Waals surface area contributed by atoms with Gasteiger partial charge in [-0.3, -0.25) is 4.79 Å². The Kier molecular flexibility index (Phi) is 5.77. The standard InChI is InChI=1S/C19H18FN3O3S3/c20-14-4-6-15(7-5-14)29(25,26)23-9-2-8-22(10-11-23)19(24)16-13-28-18(21-16)17-3-1-12-27-17/h1,3-7,12-13H,2,8-11H2. The van der Waals surface area contributed by atoms with Crippen molar-refractivity contribution >= 4 is 38.6 Å². The number of amides is 1. The number of aromatic nitrogens is 1. The number of rotatable bonds is 4. The van der Waals surface area contributed by atoms with Crippen LogP contribution < -0.4 is 0 Å². The summed E-state index contributed by atoms with van der Waals surface area (Å²) in [6, 6.07) is 8.69. The van der Waals surface area contributed by atoms with Gasteiger partial charge in [0, 0.05) is 31.6 Å². The first-order valence-electron chi connectivity index (χ1n) is 8.99. The van der Waals surface area contributed by atoms with Crippen LogP contribution in [0.3, 0.4) is 0 Å². The molecule has 1 amide bonds. The van der Waals surface area contributed by atoms with Crippen LogP contribution in [0.15, 0.2) is 52.1 Å². The lowest BCUT2D eigenvalue weighted by atomic mass is 10.3. The molecule has 0 atom stereocenters. The number of hydrogen-bond donors (Lipinski definition) is 0. The van der Waals surface area contributed by atoms with Gasteiger partial charge >= 0.3 is 0 Å². The van der Waals surface area contributed by atoms with E-state index in [0.717, 1.165) is 22.0 Å². The normalized spacial score (nSPS) is 16.0. The zero-order valence-corrected chi connectivity index (χ0v) is 17.8. The van der Waals surface area contributed by atoms with E-state index >= 15 is 0 Å². The Balaban J connectivity index is 1.46. The molecule has 0 saturated carbocycles. The molecule has 3 aromatic rings. The average molecular weight is 452 g/mol. The third-order valence-electron chi connectivity index (χ3n) is 4.65. The summed E-state index contributed by atoms with van der Waals surface area (Å²) >= 11 is 2.99.